The van der Waals surface area contributed by atoms with Crippen molar-refractivity contribution in [1.82, 2.24) is 4.68 Å². The summed E-state index contributed by atoms with van der Waals surface area (Å²) in [4.78, 5) is 0. The zero-order valence-electron chi connectivity index (χ0n) is 7.17. The van der Waals surface area contributed by atoms with Crippen LogP contribution in [0.3, 0.4) is 0 Å². The van der Waals surface area contributed by atoms with E-state index in [4.69, 9.17) is 16.5 Å². The highest BCUT2D eigenvalue weighted by atomic mass is 15.3. The lowest BCUT2D eigenvalue weighted by atomic mass is 10.1. The van der Waals surface area contributed by atoms with Crippen LogP contribution < -0.4 is 11.3 Å². The minimum Gasteiger partial charge on any atom is -0.338 e. The van der Waals surface area contributed by atoms with Gasteiger partial charge in [-0.3, -0.25) is 10.1 Å². The van der Waals surface area contributed by atoms with Crippen molar-refractivity contribution in [3.05, 3.63) is 28.4 Å². The predicted molar refractivity (Wildman–Crippen MR) is 47.2 cm³/mol. The Morgan fingerprint density at radius 1 is 1.54 bits per heavy atom. The molecule has 0 fully saturated rings. The Kier molecular flexibility index (Phi) is 1.59. The summed E-state index contributed by atoms with van der Waals surface area (Å²) in [6, 6.07) is 2.05. The van der Waals surface area contributed by atoms with E-state index in [1.165, 1.54) is 4.68 Å². The maximum atomic E-state index is 8.87. The van der Waals surface area contributed by atoms with Crippen molar-refractivity contribution in [2.45, 2.75) is 19.3 Å². The molecule has 1 aliphatic carbocycles. The van der Waals surface area contributed by atoms with Gasteiger partial charge in [-0.05, 0) is 30.4 Å². The highest BCUT2D eigenvalue weighted by Gasteiger charge is 2.17. The van der Waals surface area contributed by atoms with E-state index in [2.05, 4.69) is 0 Å². The average Bonchev–Trinajstić information content (AvgIpc) is 2.54. The molecule has 0 radical (unpaired) electrons. The van der Waals surface area contributed by atoms with Gasteiger partial charge in [0.05, 0.1) is 5.56 Å². The molecule has 13 heavy (non-hydrogen) atoms. The molecule has 0 amide bonds. The Hall–Kier alpha value is -1.76. The minimum atomic E-state index is 0.114. The van der Waals surface area contributed by atoms with Gasteiger partial charge in [-0.15, -0.1) is 0 Å². The molecule has 0 unspecified atom stereocenters. The van der Waals surface area contributed by atoms with Crippen LogP contribution in [0.2, 0.25) is 0 Å². The number of hydrogen-bond donors (Lipinski definition) is 2. The third-order valence-electron chi connectivity index (χ3n) is 2.46. The molecule has 0 aromatic carbocycles. The summed E-state index contributed by atoms with van der Waals surface area (Å²) < 4.78 is 1.22. The number of aromatic nitrogens is 1. The van der Waals surface area contributed by atoms with Gasteiger partial charge in [0.1, 0.15) is 6.07 Å². The zero-order valence-corrected chi connectivity index (χ0v) is 7.17. The quantitative estimate of drug-likeness (QED) is 0.545. The van der Waals surface area contributed by atoms with Crippen molar-refractivity contribution >= 4 is 0 Å². The fourth-order valence-electron chi connectivity index (χ4n) is 1.82. The maximum absolute atomic E-state index is 8.87. The Balaban J connectivity index is 2.81. The van der Waals surface area contributed by atoms with Gasteiger partial charge >= 0.3 is 0 Å². The predicted octanol–water partition coefficient (Wildman–Crippen LogP) is 0.0417. The van der Waals surface area contributed by atoms with E-state index in [0.29, 0.717) is 5.56 Å². The summed E-state index contributed by atoms with van der Waals surface area (Å²) in [5.41, 5.74) is 2.70. The Bertz CT molecular complexity index is 450. The van der Waals surface area contributed by atoms with Crippen LogP contribution in [0.25, 0.3) is 0 Å². The monoisotopic (exact) mass is 174 g/mol. The van der Waals surface area contributed by atoms with Crippen LogP contribution in [-0.2, 0) is 12.8 Å². The Morgan fingerprint density at radius 2 is 2.31 bits per heavy atom. The lowest BCUT2D eigenvalue weighted by Gasteiger charge is -2.05. The molecule has 0 aliphatic heterocycles. The van der Waals surface area contributed by atoms with Gasteiger partial charge in [-0.25, -0.2) is 0 Å². The summed E-state index contributed by atoms with van der Waals surface area (Å²) in [5, 5.41) is 16.4. The number of hydrogen-bond acceptors (Lipinski definition) is 3. The molecule has 4 heteroatoms. The van der Waals surface area contributed by atoms with E-state index < -0.39 is 0 Å². The highest BCUT2D eigenvalue weighted by Crippen LogP contribution is 2.21. The molecule has 0 saturated carbocycles. The van der Waals surface area contributed by atoms with Crippen molar-refractivity contribution in [2.24, 2.45) is 0 Å². The molecule has 1 heterocycles. The maximum Gasteiger partial charge on any atom is 0.161 e. The van der Waals surface area contributed by atoms with E-state index in [1.807, 2.05) is 6.07 Å². The van der Waals surface area contributed by atoms with E-state index in [9.17, 15) is 0 Å². The second-order valence-corrected chi connectivity index (χ2v) is 3.23. The molecular formula is C9H10N4. The molecule has 3 N–H and O–H groups in total. The first kappa shape index (κ1) is 7.87. The summed E-state index contributed by atoms with van der Waals surface area (Å²) >= 11 is 0. The van der Waals surface area contributed by atoms with Crippen LogP contribution in [0.4, 0.5) is 0 Å². The van der Waals surface area contributed by atoms with Gasteiger partial charge in [0.2, 0.25) is 0 Å². The number of nitrogens with two attached hydrogens (primary N) is 1. The molecular weight excluding hydrogens is 164 g/mol. The van der Waals surface area contributed by atoms with Crippen LogP contribution >= 0.6 is 0 Å². The van der Waals surface area contributed by atoms with Crippen LogP contribution in [0.1, 0.15) is 23.1 Å². The van der Waals surface area contributed by atoms with Crippen molar-refractivity contribution in [2.75, 3.05) is 5.84 Å². The van der Waals surface area contributed by atoms with E-state index in [1.54, 1.807) is 6.20 Å². The molecule has 1 aromatic heterocycles. The van der Waals surface area contributed by atoms with E-state index in [-0.39, 0.29) is 5.49 Å². The normalized spacial score (nSPS) is 13.8. The Labute approximate surface area is 75.7 Å². The summed E-state index contributed by atoms with van der Waals surface area (Å²) in [5.74, 6) is 5.55. The van der Waals surface area contributed by atoms with E-state index >= 15 is 0 Å². The molecule has 2 rings (SSSR count). The smallest absolute Gasteiger partial charge is 0.161 e. The van der Waals surface area contributed by atoms with Gasteiger partial charge in [0.15, 0.2) is 5.49 Å². The number of pyridine rings is 1. The highest BCUT2D eigenvalue weighted by molar-refractivity contribution is 5.42. The van der Waals surface area contributed by atoms with E-state index in [0.717, 1.165) is 30.4 Å². The number of fused-ring (bicyclic) bond motifs is 1. The second-order valence-electron chi connectivity index (χ2n) is 3.23. The van der Waals surface area contributed by atoms with Crippen molar-refractivity contribution < 1.29 is 0 Å². The van der Waals surface area contributed by atoms with Crippen LogP contribution in [0.15, 0.2) is 6.20 Å². The second kappa shape index (κ2) is 2.63. The first-order valence-corrected chi connectivity index (χ1v) is 4.21. The molecule has 0 atom stereocenters. The molecule has 4 nitrogen and oxygen atoms in total. The summed E-state index contributed by atoms with van der Waals surface area (Å²) in [6.45, 7) is 0. The topological polar surface area (TPSA) is 78.6 Å². The van der Waals surface area contributed by atoms with Gasteiger partial charge in [-0.2, -0.15) is 5.26 Å². The number of nitrogen functional groups attached to an aromatic ring is 1. The van der Waals surface area contributed by atoms with Gasteiger partial charge in [0, 0.05) is 6.20 Å². The third-order valence-corrected chi connectivity index (χ3v) is 2.46. The fraction of sp³-hybridized carbons (Fsp3) is 0.333. The van der Waals surface area contributed by atoms with Crippen molar-refractivity contribution in [1.29, 1.82) is 10.7 Å². The zero-order chi connectivity index (χ0) is 9.42. The molecule has 1 aliphatic rings. The van der Waals surface area contributed by atoms with Gasteiger partial charge in [-0.1, -0.05) is 0 Å². The minimum absolute atomic E-state index is 0.114. The van der Waals surface area contributed by atoms with Gasteiger partial charge in [0.25, 0.3) is 0 Å². The average molecular weight is 174 g/mol. The molecule has 0 bridgehead atoms. The van der Waals surface area contributed by atoms with Crippen LogP contribution in [-0.4, -0.2) is 4.68 Å². The van der Waals surface area contributed by atoms with Crippen molar-refractivity contribution in [3.8, 4) is 6.07 Å². The lowest BCUT2D eigenvalue weighted by molar-refractivity contribution is 0.856. The molecule has 0 saturated heterocycles. The van der Waals surface area contributed by atoms with Crippen LogP contribution in [0, 0.1) is 16.7 Å². The lowest BCUT2D eigenvalue weighted by Crippen LogP contribution is -2.30. The largest absolute Gasteiger partial charge is 0.338 e. The molecule has 0 spiro atoms. The standard InChI is InChI=1S/C9H10N4/c10-4-8-7-3-1-2-6(7)5-13(12)9(8)11/h5,11H,1-3,12H2. The number of aryl methyl sites for hydroxylation is 1. The van der Waals surface area contributed by atoms with Gasteiger partial charge < -0.3 is 5.84 Å². The Morgan fingerprint density at radius 3 is 3.00 bits per heavy atom. The first-order valence-electron chi connectivity index (χ1n) is 4.21. The SMILES string of the molecule is N#Cc1c2c(cn(N)c1=N)CCC2. The molecule has 66 valence electrons. The van der Waals surface area contributed by atoms with Crippen LogP contribution in [0.5, 0.6) is 0 Å². The number of nitriles is 1. The first-order chi connectivity index (χ1) is 6.24. The number of rotatable bonds is 0. The number of nitrogens with one attached hydrogen (secondary N) is 1. The fourth-order valence-corrected chi connectivity index (χ4v) is 1.82. The summed E-state index contributed by atoms with van der Waals surface area (Å²) in [6.07, 6.45) is 4.70. The number of nitrogens with zero attached hydrogens (tertiary/aromatic N) is 2. The molecule has 1 aromatic rings. The summed E-state index contributed by atoms with van der Waals surface area (Å²) in [7, 11) is 0. The van der Waals surface area contributed by atoms with Crippen molar-refractivity contribution in [3.63, 3.8) is 0 Å². The third kappa shape index (κ3) is 1.01.